The Kier molecular flexibility index (Phi) is 5.14. The number of ether oxygens (including phenoxy) is 2. The summed E-state index contributed by atoms with van der Waals surface area (Å²) in [5.41, 5.74) is 0.358. The third-order valence-electron chi connectivity index (χ3n) is 3.27. The van der Waals surface area contributed by atoms with Crippen LogP contribution in [-0.2, 0) is 18.5 Å². The molecule has 1 aliphatic heterocycles. The first-order valence-electron chi connectivity index (χ1n) is 6.28. The summed E-state index contributed by atoms with van der Waals surface area (Å²) in [5.74, 6) is -0.462. The fraction of sp³-hybridized carbons (Fsp3) is 0.462. The van der Waals surface area contributed by atoms with Crippen molar-refractivity contribution in [2.24, 2.45) is 5.92 Å². The van der Waals surface area contributed by atoms with E-state index in [2.05, 4.69) is 0 Å². The molecule has 1 unspecified atom stereocenters. The van der Waals surface area contributed by atoms with Crippen LogP contribution in [0.25, 0.3) is 0 Å². The minimum Gasteiger partial charge on any atom is -0.462 e. The average Bonchev–Trinajstić information content (AvgIpc) is 2.90. The highest BCUT2D eigenvalue weighted by Crippen LogP contribution is 2.28. The molecule has 1 aliphatic rings. The van der Waals surface area contributed by atoms with Gasteiger partial charge in [0.1, 0.15) is 0 Å². The lowest BCUT2D eigenvalue weighted by atomic mass is 10.1. The van der Waals surface area contributed by atoms with Crippen molar-refractivity contribution in [2.45, 2.75) is 18.2 Å². The summed E-state index contributed by atoms with van der Waals surface area (Å²) in [6.07, 6.45) is 0.837. The van der Waals surface area contributed by atoms with Gasteiger partial charge in [-0.05, 0) is 31.0 Å². The Balaban J connectivity index is 2.19. The highest BCUT2D eigenvalue weighted by molar-refractivity contribution is 8.13. The molecule has 0 amide bonds. The Bertz CT molecular complexity index is 651. The van der Waals surface area contributed by atoms with Crippen LogP contribution in [0.3, 0.4) is 0 Å². The summed E-state index contributed by atoms with van der Waals surface area (Å²) in [5, 5.41) is 0.146. The molecule has 8 heteroatoms. The molecule has 1 heterocycles. The summed E-state index contributed by atoms with van der Waals surface area (Å²) in [7, 11) is 1.36. The van der Waals surface area contributed by atoms with E-state index >= 15 is 0 Å². The summed E-state index contributed by atoms with van der Waals surface area (Å²) in [6.45, 7) is 2.96. The van der Waals surface area contributed by atoms with Gasteiger partial charge in [-0.1, -0.05) is 11.6 Å². The van der Waals surface area contributed by atoms with E-state index in [9.17, 15) is 13.2 Å². The zero-order chi connectivity index (χ0) is 15.6. The van der Waals surface area contributed by atoms with Crippen LogP contribution in [0.1, 0.15) is 22.3 Å². The maximum Gasteiger partial charge on any atom is 0.338 e. The summed E-state index contributed by atoms with van der Waals surface area (Å²) in [4.78, 5) is 11.8. The molecule has 0 bridgehead atoms. The number of benzene rings is 1. The van der Waals surface area contributed by atoms with Crippen molar-refractivity contribution in [3.63, 3.8) is 0 Å². The second kappa shape index (κ2) is 6.52. The monoisotopic (exact) mass is 352 g/mol. The number of halogens is 2. The van der Waals surface area contributed by atoms with Crippen molar-refractivity contribution >= 4 is 37.3 Å². The molecule has 0 radical (unpaired) electrons. The van der Waals surface area contributed by atoms with Crippen LogP contribution in [0.4, 0.5) is 0 Å². The fourth-order valence-electron chi connectivity index (χ4n) is 2.02. The highest BCUT2D eigenvalue weighted by atomic mass is 35.7. The van der Waals surface area contributed by atoms with Crippen molar-refractivity contribution in [1.82, 2.24) is 0 Å². The molecule has 0 N–H and O–H groups in total. The lowest BCUT2D eigenvalue weighted by molar-refractivity contribution is 0.0428. The first-order chi connectivity index (χ1) is 9.79. The first kappa shape index (κ1) is 16.5. The maximum atomic E-state index is 12.0. The van der Waals surface area contributed by atoms with Gasteiger partial charge in [0.15, 0.2) is 0 Å². The van der Waals surface area contributed by atoms with Crippen LogP contribution in [0.5, 0.6) is 0 Å². The third kappa shape index (κ3) is 4.10. The molecule has 1 saturated heterocycles. The second-order valence-electron chi connectivity index (χ2n) is 4.85. The molecule has 2 rings (SSSR count). The quantitative estimate of drug-likeness (QED) is 0.615. The summed E-state index contributed by atoms with van der Waals surface area (Å²) in [6, 6.07) is 2.55. The Hall–Kier alpha value is -0.820. The zero-order valence-corrected chi connectivity index (χ0v) is 13.6. The maximum absolute atomic E-state index is 12.0. The predicted octanol–water partition coefficient (Wildman–Crippen LogP) is 2.77. The number of carbonyl (C=O) groups excluding carboxylic acids is 1. The zero-order valence-electron chi connectivity index (χ0n) is 11.3. The number of hydrogen-bond donors (Lipinski definition) is 0. The predicted molar refractivity (Wildman–Crippen MR) is 78.4 cm³/mol. The standard InChI is InChI=1S/C13H14Cl2O5S/c1-8-11(14)4-10(5-12(8)21(15,17)18)13(16)20-7-9-2-3-19-6-9/h4-5,9H,2-3,6-7H2,1H3. The minimum atomic E-state index is -3.98. The van der Waals surface area contributed by atoms with Crippen LogP contribution < -0.4 is 0 Å². The number of esters is 1. The highest BCUT2D eigenvalue weighted by Gasteiger charge is 2.22. The Morgan fingerprint density at radius 1 is 1.48 bits per heavy atom. The molecule has 0 spiro atoms. The molecule has 1 aromatic rings. The normalized spacial score (nSPS) is 18.7. The minimum absolute atomic E-state index is 0.0590. The average molecular weight is 353 g/mol. The van der Waals surface area contributed by atoms with Crippen LogP contribution in [0, 0.1) is 12.8 Å². The van der Waals surface area contributed by atoms with Gasteiger partial charge in [0, 0.05) is 28.2 Å². The van der Waals surface area contributed by atoms with Crippen LogP contribution in [0.15, 0.2) is 17.0 Å². The van der Waals surface area contributed by atoms with E-state index in [4.69, 9.17) is 31.8 Å². The van der Waals surface area contributed by atoms with Crippen molar-refractivity contribution in [2.75, 3.05) is 19.8 Å². The largest absolute Gasteiger partial charge is 0.462 e. The van der Waals surface area contributed by atoms with E-state index in [1.165, 1.54) is 19.1 Å². The lowest BCUT2D eigenvalue weighted by Crippen LogP contribution is -2.15. The molecule has 0 saturated carbocycles. The van der Waals surface area contributed by atoms with Crippen LogP contribution in [-0.4, -0.2) is 34.2 Å². The van der Waals surface area contributed by atoms with Gasteiger partial charge in [-0.15, -0.1) is 0 Å². The van der Waals surface area contributed by atoms with Crippen molar-refractivity contribution in [1.29, 1.82) is 0 Å². The molecule has 1 aromatic carbocycles. The van der Waals surface area contributed by atoms with E-state index in [0.29, 0.717) is 18.8 Å². The Morgan fingerprint density at radius 3 is 2.76 bits per heavy atom. The van der Waals surface area contributed by atoms with Crippen LogP contribution in [0.2, 0.25) is 5.02 Å². The summed E-state index contributed by atoms with van der Waals surface area (Å²) < 4.78 is 33.3. The SMILES string of the molecule is Cc1c(Cl)cc(C(=O)OCC2CCOC2)cc1S(=O)(=O)Cl. The molecule has 1 atom stereocenters. The van der Waals surface area contributed by atoms with E-state index in [1.807, 2.05) is 0 Å². The second-order valence-corrected chi connectivity index (χ2v) is 7.79. The summed E-state index contributed by atoms with van der Waals surface area (Å²) >= 11 is 5.95. The topological polar surface area (TPSA) is 69.7 Å². The smallest absolute Gasteiger partial charge is 0.338 e. The van der Waals surface area contributed by atoms with Gasteiger partial charge < -0.3 is 9.47 Å². The van der Waals surface area contributed by atoms with Crippen molar-refractivity contribution in [3.05, 3.63) is 28.3 Å². The molecule has 116 valence electrons. The number of carbonyl (C=O) groups is 1. The molecule has 0 aromatic heterocycles. The Morgan fingerprint density at radius 2 is 2.19 bits per heavy atom. The Labute approximate surface area is 132 Å². The molecule has 21 heavy (non-hydrogen) atoms. The van der Waals surface area contributed by atoms with Gasteiger partial charge in [0.05, 0.1) is 23.7 Å². The molecule has 0 aliphatic carbocycles. The van der Waals surface area contributed by atoms with Gasteiger partial charge in [0.25, 0.3) is 9.05 Å². The van der Waals surface area contributed by atoms with E-state index in [-0.39, 0.29) is 28.0 Å². The first-order valence-corrected chi connectivity index (χ1v) is 8.97. The fourth-order valence-corrected chi connectivity index (χ4v) is 3.52. The van der Waals surface area contributed by atoms with E-state index in [0.717, 1.165) is 6.42 Å². The van der Waals surface area contributed by atoms with E-state index in [1.54, 1.807) is 0 Å². The van der Waals surface area contributed by atoms with Crippen LogP contribution >= 0.6 is 22.3 Å². The molecule has 1 fully saturated rings. The molecule has 5 nitrogen and oxygen atoms in total. The van der Waals surface area contributed by atoms with Gasteiger partial charge in [-0.25, -0.2) is 13.2 Å². The lowest BCUT2D eigenvalue weighted by Gasteiger charge is -2.11. The molecular weight excluding hydrogens is 339 g/mol. The number of hydrogen-bond acceptors (Lipinski definition) is 5. The van der Waals surface area contributed by atoms with Gasteiger partial charge in [-0.3, -0.25) is 0 Å². The third-order valence-corrected chi connectivity index (χ3v) is 5.11. The molecular formula is C13H14Cl2O5S. The van der Waals surface area contributed by atoms with Gasteiger partial charge in [-0.2, -0.15) is 0 Å². The van der Waals surface area contributed by atoms with Gasteiger partial charge >= 0.3 is 5.97 Å². The van der Waals surface area contributed by atoms with E-state index < -0.39 is 15.0 Å². The van der Waals surface area contributed by atoms with Crippen molar-refractivity contribution in [3.8, 4) is 0 Å². The van der Waals surface area contributed by atoms with Gasteiger partial charge in [0.2, 0.25) is 0 Å². The number of rotatable bonds is 4. The van der Waals surface area contributed by atoms with Crippen molar-refractivity contribution < 1.29 is 22.7 Å².